The number of aromatic nitrogens is 1. The fourth-order valence-electron chi connectivity index (χ4n) is 1.68. The summed E-state index contributed by atoms with van der Waals surface area (Å²) in [4.78, 5) is 10.5. The number of halogens is 1. The summed E-state index contributed by atoms with van der Waals surface area (Å²) in [5, 5.41) is 10.9. The molecular formula is C14H13IN2O2. The molecule has 0 fully saturated rings. The number of hydrogen-bond acceptors (Lipinski definition) is 2. The van der Waals surface area contributed by atoms with Crippen molar-refractivity contribution in [3.05, 3.63) is 70.0 Å². The Kier molecular flexibility index (Phi) is 5.62. The zero-order chi connectivity index (χ0) is 13.0. The van der Waals surface area contributed by atoms with Gasteiger partial charge in [-0.1, -0.05) is 12.1 Å². The number of aryl methyl sites for hydroxylation is 1. The molecule has 5 heteroatoms. The molecule has 0 N–H and O–H groups in total. The molecule has 98 valence electrons. The van der Waals surface area contributed by atoms with Gasteiger partial charge >= 0.3 is 0 Å². The zero-order valence-corrected chi connectivity index (χ0v) is 12.5. The summed E-state index contributed by atoms with van der Waals surface area (Å²) in [6.45, 7) is 0. The molecule has 0 bridgehead atoms. The third-order valence-electron chi connectivity index (χ3n) is 2.66. The largest absolute Gasteiger partial charge is 1.00 e. The average Bonchev–Trinajstić information content (AvgIpc) is 2.38. The standard InChI is InChI=1S/C14H13N2O2.HI/c1-15-11-5-4-7-13(15)10-9-12-6-2-3-8-14(12)16(17)18;/h2-11H,1H3;1H/q+1;/p-1/b10-9+;. The predicted molar refractivity (Wildman–Crippen MR) is 69.6 cm³/mol. The van der Waals surface area contributed by atoms with Gasteiger partial charge in [0.1, 0.15) is 7.05 Å². The van der Waals surface area contributed by atoms with Crippen molar-refractivity contribution in [1.82, 2.24) is 0 Å². The molecule has 4 nitrogen and oxygen atoms in total. The van der Waals surface area contributed by atoms with Crippen LogP contribution in [0.25, 0.3) is 12.2 Å². The van der Waals surface area contributed by atoms with E-state index < -0.39 is 0 Å². The number of benzene rings is 1. The maximum absolute atomic E-state index is 10.9. The van der Waals surface area contributed by atoms with Crippen molar-refractivity contribution in [3.8, 4) is 0 Å². The van der Waals surface area contributed by atoms with Crippen molar-refractivity contribution in [2.75, 3.05) is 0 Å². The van der Waals surface area contributed by atoms with Crippen molar-refractivity contribution in [2.24, 2.45) is 7.05 Å². The molecule has 0 radical (unpaired) electrons. The molecule has 0 aliphatic rings. The topological polar surface area (TPSA) is 47.0 Å². The van der Waals surface area contributed by atoms with E-state index in [1.165, 1.54) is 6.07 Å². The van der Waals surface area contributed by atoms with Crippen LogP contribution >= 0.6 is 0 Å². The third-order valence-corrected chi connectivity index (χ3v) is 2.66. The first kappa shape index (κ1) is 15.3. The van der Waals surface area contributed by atoms with Gasteiger partial charge in [-0.3, -0.25) is 10.1 Å². The van der Waals surface area contributed by atoms with E-state index in [1.54, 1.807) is 24.3 Å². The fourth-order valence-corrected chi connectivity index (χ4v) is 1.68. The van der Waals surface area contributed by atoms with Gasteiger partial charge in [0.15, 0.2) is 6.20 Å². The van der Waals surface area contributed by atoms with E-state index in [4.69, 9.17) is 0 Å². The Morgan fingerprint density at radius 2 is 1.79 bits per heavy atom. The van der Waals surface area contributed by atoms with E-state index in [0.29, 0.717) is 5.56 Å². The van der Waals surface area contributed by atoms with E-state index in [2.05, 4.69) is 0 Å². The summed E-state index contributed by atoms with van der Waals surface area (Å²) in [5.41, 5.74) is 1.70. The van der Waals surface area contributed by atoms with Crippen molar-refractivity contribution < 1.29 is 33.5 Å². The minimum Gasteiger partial charge on any atom is -1.00 e. The van der Waals surface area contributed by atoms with Crippen LogP contribution in [0.15, 0.2) is 48.7 Å². The van der Waals surface area contributed by atoms with Crippen molar-refractivity contribution in [2.45, 2.75) is 0 Å². The second-order valence-corrected chi connectivity index (χ2v) is 3.89. The smallest absolute Gasteiger partial charge is 0.276 e. The minimum atomic E-state index is -0.370. The van der Waals surface area contributed by atoms with E-state index in [0.717, 1.165) is 5.69 Å². The van der Waals surface area contributed by atoms with E-state index in [9.17, 15) is 10.1 Å². The van der Waals surface area contributed by atoms with E-state index in [-0.39, 0.29) is 34.6 Å². The van der Waals surface area contributed by atoms with Gasteiger partial charge in [-0.2, -0.15) is 0 Å². The summed E-state index contributed by atoms with van der Waals surface area (Å²) >= 11 is 0. The monoisotopic (exact) mass is 368 g/mol. The average molecular weight is 368 g/mol. The lowest BCUT2D eigenvalue weighted by Gasteiger charge is -1.96. The Labute approximate surface area is 128 Å². The highest BCUT2D eigenvalue weighted by molar-refractivity contribution is 5.72. The van der Waals surface area contributed by atoms with Crippen LogP contribution in [0.4, 0.5) is 5.69 Å². The number of pyridine rings is 1. The Balaban J connectivity index is 0.00000180. The molecule has 1 aromatic heterocycles. The summed E-state index contributed by atoms with van der Waals surface area (Å²) in [6, 6.07) is 12.5. The lowest BCUT2D eigenvalue weighted by Crippen LogP contribution is -3.00. The van der Waals surface area contributed by atoms with Crippen molar-refractivity contribution >= 4 is 17.8 Å². The normalized spacial score (nSPS) is 10.2. The Hall–Kier alpha value is -1.76. The van der Waals surface area contributed by atoms with Gasteiger partial charge in [0.2, 0.25) is 5.69 Å². The van der Waals surface area contributed by atoms with Gasteiger partial charge < -0.3 is 24.0 Å². The first-order valence-corrected chi connectivity index (χ1v) is 5.54. The van der Waals surface area contributed by atoms with Crippen molar-refractivity contribution in [3.63, 3.8) is 0 Å². The molecule has 0 aliphatic carbocycles. The van der Waals surface area contributed by atoms with Crippen LogP contribution in [0.1, 0.15) is 11.3 Å². The molecular weight excluding hydrogens is 355 g/mol. The summed E-state index contributed by atoms with van der Waals surface area (Å²) in [7, 11) is 1.93. The number of nitro groups is 1. The molecule has 0 saturated carbocycles. The fraction of sp³-hybridized carbons (Fsp3) is 0.0714. The summed E-state index contributed by atoms with van der Waals surface area (Å²) < 4.78 is 1.95. The molecule has 0 atom stereocenters. The minimum absolute atomic E-state index is 0. The van der Waals surface area contributed by atoms with Gasteiger partial charge in [-0.25, -0.2) is 4.57 Å². The zero-order valence-electron chi connectivity index (χ0n) is 10.4. The van der Waals surface area contributed by atoms with Gasteiger partial charge in [0, 0.05) is 24.3 Å². The van der Waals surface area contributed by atoms with E-state index >= 15 is 0 Å². The molecule has 1 heterocycles. The van der Waals surface area contributed by atoms with E-state index in [1.807, 2.05) is 42.1 Å². The first-order chi connectivity index (χ1) is 8.68. The Morgan fingerprint density at radius 1 is 1.11 bits per heavy atom. The van der Waals surface area contributed by atoms with Crippen LogP contribution in [0.5, 0.6) is 0 Å². The number of rotatable bonds is 3. The molecule has 19 heavy (non-hydrogen) atoms. The van der Waals surface area contributed by atoms with Gasteiger partial charge in [0.05, 0.1) is 10.5 Å². The Bertz CT molecular complexity index is 612. The maximum atomic E-state index is 10.9. The van der Waals surface area contributed by atoms with Gasteiger partial charge in [0.25, 0.3) is 5.69 Å². The molecule has 1 aromatic carbocycles. The van der Waals surface area contributed by atoms with Crippen LogP contribution in [0.2, 0.25) is 0 Å². The molecule has 2 rings (SSSR count). The molecule has 0 amide bonds. The SMILES string of the molecule is C[n+]1ccccc1/C=C/c1ccccc1[N+](=O)[O-].[I-]. The summed E-state index contributed by atoms with van der Waals surface area (Å²) in [5.74, 6) is 0. The highest BCUT2D eigenvalue weighted by Gasteiger charge is 2.09. The highest BCUT2D eigenvalue weighted by atomic mass is 127. The van der Waals surface area contributed by atoms with Crippen LogP contribution in [0, 0.1) is 10.1 Å². The number of nitro benzene ring substituents is 1. The van der Waals surface area contributed by atoms with Crippen LogP contribution in [0.3, 0.4) is 0 Å². The van der Waals surface area contributed by atoms with Crippen molar-refractivity contribution in [1.29, 1.82) is 0 Å². The van der Waals surface area contributed by atoms with Crippen LogP contribution in [-0.2, 0) is 7.05 Å². The second kappa shape index (κ2) is 6.98. The van der Waals surface area contributed by atoms with Gasteiger partial charge in [-0.05, 0) is 18.2 Å². The predicted octanol–water partition coefficient (Wildman–Crippen LogP) is -0.406. The summed E-state index contributed by atoms with van der Waals surface area (Å²) in [6.07, 6.45) is 5.55. The van der Waals surface area contributed by atoms with Crippen LogP contribution < -0.4 is 28.5 Å². The number of hydrogen-bond donors (Lipinski definition) is 0. The third kappa shape index (κ3) is 3.85. The Morgan fingerprint density at radius 3 is 2.47 bits per heavy atom. The molecule has 0 spiro atoms. The molecule has 2 aromatic rings. The molecule has 0 saturated heterocycles. The second-order valence-electron chi connectivity index (χ2n) is 3.89. The lowest BCUT2D eigenvalue weighted by atomic mass is 10.1. The van der Waals surface area contributed by atoms with Crippen LogP contribution in [-0.4, -0.2) is 4.92 Å². The number of nitrogens with zero attached hydrogens (tertiary/aromatic N) is 2. The van der Waals surface area contributed by atoms with Gasteiger partial charge in [-0.15, -0.1) is 0 Å². The number of para-hydroxylation sites is 1. The first-order valence-electron chi connectivity index (χ1n) is 5.54. The quantitative estimate of drug-likeness (QED) is 0.320. The highest BCUT2D eigenvalue weighted by Crippen LogP contribution is 2.19. The molecule has 0 unspecified atom stereocenters. The maximum Gasteiger partial charge on any atom is 0.276 e. The molecule has 0 aliphatic heterocycles. The lowest BCUT2D eigenvalue weighted by molar-refractivity contribution is -0.673.